The normalized spacial score (nSPS) is 11.3. The second-order valence-corrected chi connectivity index (χ2v) is 4.89. The molecule has 0 unspecified atom stereocenters. The lowest BCUT2D eigenvalue weighted by Crippen LogP contribution is -2.46. The smallest absolute Gasteiger partial charge is 0.224 e. The summed E-state index contributed by atoms with van der Waals surface area (Å²) in [5.74, 6) is 0.0176. The van der Waals surface area contributed by atoms with Gasteiger partial charge in [0.1, 0.15) is 5.75 Å². The molecule has 94 valence electrons. The fraction of sp³-hybridized carbons (Fsp3) is 0.462. The van der Waals surface area contributed by atoms with Gasteiger partial charge < -0.3 is 15.5 Å². The Morgan fingerprint density at radius 3 is 2.59 bits per heavy atom. The number of carbonyl (C=O) groups excluding carboxylic acids is 1. The molecule has 0 spiro atoms. The third-order valence-corrected chi connectivity index (χ3v) is 2.51. The third kappa shape index (κ3) is 4.07. The summed E-state index contributed by atoms with van der Waals surface area (Å²) < 4.78 is 0. The van der Waals surface area contributed by atoms with E-state index < -0.39 is 5.54 Å². The highest BCUT2D eigenvalue weighted by Gasteiger charge is 2.19. The molecular weight excluding hydrogens is 218 g/mol. The van der Waals surface area contributed by atoms with E-state index in [0.717, 1.165) is 11.1 Å². The highest BCUT2D eigenvalue weighted by Crippen LogP contribution is 2.17. The van der Waals surface area contributed by atoms with Gasteiger partial charge in [-0.3, -0.25) is 4.79 Å². The Labute approximate surface area is 101 Å². The molecule has 0 fully saturated rings. The molecule has 0 atom stereocenters. The summed E-state index contributed by atoms with van der Waals surface area (Å²) in [7, 11) is 0. The number of aliphatic hydroxyl groups is 1. The number of nitrogens with one attached hydrogen (secondary N) is 1. The van der Waals surface area contributed by atoms with Crippen molar-refractivity contribution >= 4 is 5.91 Å². The number of amides is 1. The van der Waals surface area contributed by atoms with Crippen molar-refractivity contribution in [2.45, 2.75) is 32.7 Å². The molecule has 4 nitrogen and oxygen atoms in total. The van der Waals surface area contributed by atoms with Crippen molar-refractivity contribution in [2.24, 2.45) is 0 Å². The Bertz CT molecular complexity index is 413. The number of rotatable bonds is 4. The third-order valence-electron chi connectivity index (χ3n) is 2.51. The van der Waals surface area contributed by atoms with E-state index in [1.54, 1.807) is 39.0 Å². The molecule has 0 aliphatic rings. The fourth-order valence-corrected chi connectivity index (χ4v) is 1.41. The van der Waals surface area contributed by atoms with Crippen molar-refractivity contribution < 1.29 is 15.0 Å². The number of aliphatic hydroxyl groups excluding tert-OH is 1. The van der Waals surface area contributed by atoms with Gasteiger partial charge in [0.15, 0.2) is 0 Å². The Kier molecular flexibility index (Phi) is 4.12. The van der Waals surface area contributed by atoms with Gasteiger partial charge in [0.2, 0.25) is 5.91 Å². The van der Waals surface area contributed by atoms with Crippen molar-refractivity contribution in [1.29, 1.82) is 0 Å². The number of phenolic OH excluding ortho intramolecular Hbond substituents is 1. The first kappa shape index (κ1) is 13.5. The van der Waals surface area contributed by atoms with Gasteiger partial charge in [-0.2, -0.15) is 0 Å². The maximum atomic E-state index is 11.7. The van der Waals surface area contributed by atoms with Crippen LogP contribution in [0.5, 0.6) is 5.75 Å². The van der Waals surface area contributed by atoms with E-state index in [1.807, 2.05) is 0 Å². The van der Waals surface area contributed by atoms with Crippen LogP contribution in [0.1, 0.15) is 25.0 Å². The number of hydrogen-bond donors (Lipinski definition) is 3. The molecule has 4 heteroatoms. The van der Waals surface area contributed by atoms with E-state index in [4.69, 9.17) is 5.11 Å². The first-order chi connectivity index (χ1) is 7.84. The van der Waals surface area contributed by atoms with Crippen LogP contribution in [0.4, 0.5) is 0 Å². The topological polar surface area (TPSA) is 69.6 Å². The number of hydrogen-bond acceptors (Lipinski definition) is 3. The SMILES string of the molecule is Cc1ccc(CC(=O)NC(C)(C)CO)cc1O. The molecule has 17 heavy (non-hydrogen) atoms. The van der Waals surface area contributed by atoms with E-state index in [9.17, 15) is 9.90 Å². The minimum absolute atomic E-state index is 0.113. The molecule has 1 aromatic rings. The lowest BCUT2D eigenvalue weighted by Gasteiger charge is -2.23. The number of aromatic hydroxyl groups is 1. The summed E-state index contributed by atoms with van der Waals surface area (Å²) in [6.07, 6.45) is 0.192. The minimum atomic E-state index is -0.621. The van der Waals surface area contributed by atoms with Gasteiger partial charge in [0.25, 0.3) is 0 Å². The summed E-state index contributed by atoms with van der Waals surface area (Å²) in [6, 6.07) is 5.16. The second kappa shape index (κ2) is 5.19. The van der Waals surface area contributed by atoms with Crippen molar-refractivity contribution in [2.75, 3.05) is 6.61 Å². The zero-order valence-corrected chi connectivity index (χ0v) is 10.4. The van der Waals surface area contributed by atoms with Gasteiger partial charge >= 0.3 is 0 Å². The summed E-state index contributed by atoms with van der Waals surface area (Å²) in [6.45, 7) is 5.18. The predicted molar refractivity (Wildman–Crippen MR) is 65.9 cm³/mol. The fourth-order valence-electron chi connectivity index (χ4n) is 1.41. The zero-order chi connectivity index (χ0) is 13.1. The first-order valence-corrected chi connectivity index (χ1v) is 5.54. The number of phenols is 1. The molecule has 1 rings (SSSR count). The highest BCUT2D eigenvalue weighted by atomic mass is 16.3. The van der Waals surface area contributed by atoms with E-state index >= 15 is 0 Å². The zero-order valence-electron chi connectivity index (χ0n) is 10.4. The average Bonchev–Trinajstić information content (AvgIpc) is 2.23. The summed E-state index contributed by atoms with van der Waals surface area (Å²) in [5, 5.41) is 21.3. The van der Waals surface area contributed by atoms with Crippen molar-refractivity contribution in [3.05, 3.63) is 29.3 Å². The van der Waals surface area contributed by atoms with E-state index in [1.165, 1.54) is 0 Å². The first-order valence-electron chi connectivity index (χ1n) is 5.54. The molecule has 0 radical (unpaired) electrons. The van der Waals surface area contributed by atoms with Crippen LogP contribution >= 0.6 is 0 Å². The average molecular weight is 237 g/mol. The van der Waals surface area contributed by atoms with Crippen LogP contribution in [-0.4, -0.2) is 28.3 Å². The Balaban J connectivity index is 2.65. The Morgan fingerprint density at radius 2 is 2.06 bits per heavy atom. The van der Waals surface area contributed by atoms with Crippen LogP contribution in [0.3, 0.4) is 0 Å². The lowest BCUT2D eigenvalue weighted by atomic mass is 10.0. The maximum absolute atomic E-state index is 11.7. The predicted octanol–water partition coefficient (Wildman–Crippen LogP) is 1.13. The number of benzene rings is 1. The van der Waals surface area contributed by atoms with Crippen molar-refractivity contribution in [3.8, 4) is 5.75 Å². The molecule has 0 aromatic heterocycles. The monoisotopic (exact) mass is 237 g/mol. The van der Waals surface area contributed by atoms with Gasteiger partial charge in [-0.1, -0.05) is 12.1 Å². The molecule has 0 saturated heterocycles. The lowest BCUT2D eigenvalue weighted by molar-refractivity contribution is -0.122. The molecule has 3 N–H and O–H groups in total. The summed E-state index contributed by atoms with van der Waals surface area (Å²) >= 11 is 0. The van der Waals surface area contributed by atoms with Crippen molar-refractivity contribution in [1.82, 2.24) is 5.32 Å². The molecule has 0 aliphatic carbocycles. The molecule has 1 aromatic carbocycles. The van der Waals surface area contributed by atoms with E-state index in [-0.39, 0.29) is 24.7 Å². The number of carbonyl (C=O) groups is 1. The van der Waals surface area contributed by atoms with Crippen LogP contribution in [0.2, 0.25) is 0 Å². The molecule has 0 bridgehead atoms. The quantitative estimate of drug-likeness (QED) is 0.735. The van der Waals surface area contributed by atoms with Crippen LogP contribution in [-0.2, 0) is 11.2 Å². The highest BCUT2D eigenvalue weighted by molar-refractivity contribution is 5.79. The van der Waals surface area contributed by atoms with Crippen LogP contribution in [0.25, 0.3) is 0 Å². The Hall–Kier alpha value is -1.55. The van der Waals surface area contributed by atoms with Crippen LogP contribution in [0, 0.1) is 6.92 Å². The standard InChI is InChI=1S/C13H19NO3/c1-9-4-5-10(6-11(9)16)7-12(17)14-13(2,3)8-15/h4-6,15-16H,7-8H2,1-3H3,(H,14,17). The van der Waals surface area contributed by atoms with Gasteiger partial charge in [-0.05, 0) is 38.0 Å². The van der Waals surface area contributed by atoms with Crippen LogP contribution in [0.15, 0.2) is 18.2 Å². The second-order valence-electron chi connectivity index (χ2n) is 4.89. The number of aryl methyl sites for hydroxylation is 1. The van der Waals surface area contributed by atoms with Gasteiger partial charge in [0, 0.05) is 0 Å². The summed E-state index contributed by atoms with van der Waals surface area (Å²) in [5.41, 5.74) is 0.910. The van der Waals surface area contributed by atoms with Crippen LogP contribution < -0.4 is 5.32 Å². The Morgan fingerprint density at radius 1 is 1.41 bits per heavy atom. The van der Waals surface area contributed by atoms with E-state index in [2.05, 4.69) is 5.32 Å². The maximum Gasteiger partial charge on any atom is 0.224 e. The van der Waals surface area contributed by atoms with Gasteiger partial charge in [-0.15, -0.1) is 0 Å². The molecule has 0 heterocycles. The van der Waals surface area contributed by atoms with Crippen molar-refractivity contribution in [3.63, 3.8) is 0 Å². The molecular formula is C13H19NO3. The van der Waals surface area contributed by atoms with E-state index in [0.29, 0.717) is 0 Å². The molecule has 1 amide bonds. The minimum Gasteiger partial charge on any atom is -0.508 e. The van der Waals surface area contributed by atoms with Gasteiger partial charge in [-0.25, -0.2) is 0 Å². The largest absolute Gasteiger partial charge is 0.508 e. The van der Waals surface area contributed by atoms with Gasteiger partial charge in [0.05, 0.1) is 18.6 Å². The summed E-state index contributed by atoms with van der Waals surface area (Å²) in [4.78, 5) is 11.7. The molecule has 0 aliphatic heterocycles. The molecule has 0 saturated carbocycles.